The van der Waals surface area contributed by atoms with Crippen molar-refractivity contribution in [2.75, 3.05) is 0 Å². The number of benzene rings is 1. The molecule has 0 saturated carbocycles. The summed E-state index contributed by atoms with van der Waals surface area (Å²) in [6.45, 7) is 13.6. The van der Waals surface area contributed by atoms with Crippen molar-refractivity contribution < 1.29 is 18.6 Å². The maximum atomic E-state index is 13.2. The number of aryl methyl sites for hydroxylation is 1. The van der Waals surface area contributed by atoms with E-state index in [0.29, 0.717) is 12.0 Å². The molecule has 1 aromatic carbocycles. The summed E-state index contributed by atoms with van der Waals surface area (Å²) in [7, 11) is -3.94. The summed E-state index contributed by atoms with van der Waals surface area (Å²) < 4.78 is 28.9. The molecule has 0 saturated heterocycles. The van der Waals surface area contributed by atoms with E-state index in [1.807, 2.05) is 19.9 Å². The third-order valence-corrected chi connectivity index (χ3v) is 7.55. The van der Waals surface area contributed by atoms with Crippen LogP contribution >= 0.6 is 0 Å². The van der Waals surface area contributed by atoms with E-state index in [9.17, 15) is 18.6 Å². The van der Waals surface area contributed by atoms with Crippen LogP contribution in [0.5, 0.6) is 11.5 Å². The molecule has 0 aliphatic heterocycles. The third kappa shape index (κ3) is 5.46. The molecule has 6 heteroatoms. The Hall–Kier alpha value is -1.79. The summed E-state index contributed by atoms with van der Waals surface area (Å²) in [6, 6.07) is 1.22. The molecular formula is C24H37NO4S. The Morgan fingerprint density at radius 2 is 1.97 bits per heavy atom. The molecule has 0 heterocycles. The predicted molar refractivity (Wildman–Crippen MR) is 122 cm³/mol. The van der Waals surface area contributed by atoms with E-state index in [2.05, 4.69) is 18.2 Å². The molecule has 0 aromatic heterocycles. The second kappa shape index (κ2) is 10.0. The molecule has 0 bridgehead atoms. The summed E-state index contributed by atoms with van der Waals surface area (Å²) in [5.41, 5.74) is 2.86. The minimum atomic E-state index is -3.94. The van der Waals surface area contributed by atoms with E-state index in [-0.39, 0.29) is 39.8 Å². The van der Waals surface area contributed by atoms with Gasteiger partial charge in [-0.05, 0) is 70.9 Å². The van der Waals surface area contributed by atoms with Crippen LogP contribution < -0.4 is 4.72 Å². The average molecular weight is 436 g/mol. The fourth-order valence-corrected chi connectivity index (χ4v) is 5.97. The zero-order valence-electron chi connectivity index (χ0n) is 19.0. The number of aromatic hydroxyl groups is 2. The minimum absolute atomic E-state index is 0.0325. The van der Waals surface area contributed by atoms with Gasteiger partial charge in [0.1, 0.15) is 16.4 Å². The monoisotopic (exact) mass is 435 g/mol. The van der Waals surface area contributed by atoms with Gasteiger partial charge < -0.3 is 10.2 Å². The standard InChI is InChI=1S/C24H37NO4S/c1-7-8-9-10-18-14-21(26)22(20-13-17(6)11-12-19(20)15(2)3)23(27)24(18)30(28,29)25-16(4)5/h13-14,16,19-20,25-27H,2,7-12H2,1,3-6H3/t19-,20-/m0/s1. The van der Waals surface area contributed by atoms with E-state index < -0.39 is 10.0 Å². The Morgan fingerprint density at radius 1 is 1.30 bits per heavy atom. The van der Waals surface area contributed by atoms with E-state index in [4.69, 9.17) is 0 Å². The van der Waals surface area contributed by atoms with Crippen LogP contribution in [0.25, 0.3) is 0 Å². The van der Waals surface area contributed by atoms with E-state index >= 15 is 0 Å². The third-order valence-electron chi connectivity index (χ3n) is 5.77. The molecule has 0 unspecified atom stereocenters. The lowest BCUT2D eigenvalue weighted by Crippen LogP contribution is -2.31. The molecule has 168 valence electrons. The number of nitrogens with one attached hydrogen (secondary N) is 1. The summed E-state index contributed by atoms with van der Waals surface area (Å²) in [5.74, 6) is -0.666. The van der Waals surface area contributed by atoms with Crippen LogP contribution in [-0.2, 0) is 16.4 Å². The number of hydrogen-bond acceptors (Lipinski definition) is 4. The maximum absolute atomic E-state index is 13.2. The number of phenolic OH excluding ortho intramolecular Hbond substituents is 2. The molecule has 1 aliphatic carbocycles. The molecule has 0 fully saturated rings. The van der Waals surface area contributed by atoms with Crippen LogP contribution in [0.1, 0.15) is 83.8 Å². The molecule has 2 rings (SSSR count). The van der Waals surface area contributed by atoms with Crippen molar-refractivity contribution >= 4 is 10.0 Å². The van der Waals surface area contributed by atoms with Gasteiger partial charge in [0.25, 0.3) is 0 Å². The van der Waals surface area contributed by atoms with Gasteiger partial charge in [-0.25, -0.2) is 13.1 Å². The van der Waals surface area contributed by atoms with E-state index in [1.54, 1.807) is 13.8 Å². The van der Waals surface area contributed by atoms with Crippen LogP contribution in [0.3, 0.4) is 0 Å². The molecule has 1 aliphatic rings. The van der Waals surface area contributed by atoms with Crippen molar-refractivity contribution in [3.63, 3.8) is 0 Å². The number of rotatable bonds is 9. The van der Waals surface area contributed by atoms with Gasteiger partial charge in [0, 0.05) is 17.5 Å². The van der Waals surface area contributed by atoms with Crippen molar-refractivity contribution in [3.8, 4) is 11.5 Å². The van der Waals surface area contributed by atoms with Crippen molar-refractivity contribution in [2.45, 2.75) is 90.0 Å². The number of phenols is 2. The molecule has 0 spiro atoms. The number of allylic oxidation sites excluding steroid dienone is 3. The van der Waals surface area contributed by atoms with Gasteiger partial charge >= 0.3 is 0 Å². The van der Waals surface area contributed by atoms with Crippen LogP contribution in [0.15, 0.2) is 34.8 Å². The van der Waals surface area contributed by atoms with Crippen LogP contribution in [-0.4, -0.2) is 24.7 Å². The first kappa shape index (κ1) is 24.5. The topological polar surface area (TPSA) is 86.6 Å². The van der Waals surface area contributed by atoms with E-state index in [0.717, 1.165) is 43.3 Å². The summed E-state index contributed by atoms with van der Waals surface area (Å²) in [6.07, 6.45) is 7.01. The molecule has 2 atom stereocenters. The zero-order chi connectivity index (χ0) is 22.6. The fourth-order valence-electron chi connectivity index (χ4n) is 4.36. The van der Waals surface area contributed by atoms with Gasteiger partial charge in [0.2, 0.25) is 10.0 Å². The molecule has 0 amide bonds. The first-order chi connectivity index (χ1) is 14.0. The van der Waals surface area contributed by atoms with Gasteiger partial charge in [-0.15, -0.1) is 0 Å². The van der Waals surface area contributed by atoms with Crippen molar-refractivity contribution in [1.82, 2.24) is 4.72 Å². The number of sulfonamides is 1. The van der Waals surface area contributed by atoms with Crippen molar-refractivity contribution in [1.29, 1.82) is 0 Å². The number of hydrogen-bond donors (Lipinski definition) is 3. The van der Waals surface area contributed by atoms with Crippen LogP contribution in [0.4, 0.5) is 0 Å². The summed E-state index contributed by atoms with van der Waals surface area (Å²) >= 11 is 0. The Kier molecular flexibility index (Phi) is 8.17. The first-order valence-electron chi connectivity index (χ1n) is 10.9. The second-order valence-corrected chi connectivity index (χ2v) is 10.6. The van der Waals surface area contributed by atoms with Gasteiger partial charge in [-0.3, -0.25) is 0 Å². The van der Waals surface area contributed by atoms with Crippen molar-refractivity contribution in [3.05, 3.63) is 41.0 Å². The quantitative estimate of drug-likeness (QED) is 0.351. The Balaban J connectivity index is 2.72. The summed E-state index contributed by atoms with van der Waals surface area (Å²) in [5, 5.41) is 22.2. The minimum Gasteiger partial charge on any atom is -0.507 e. The molecule has 30 heavy (non-hydrogen) atoms. The predicted octanol–water partition coefficient (Wildman–Crippen LogP) is 5.53. The molecule has 3 N–H and O–H groups in total. The zero-order valence-corrected chi connectivity index (χ0v) is 19.8. The lowest BCUT2D eigenvalue weighted by atomic mass is 9.73. The SMILES string of the molecule is C=C(C)[C@@H]1CCC(C)=C[C@@H]1c1c(O)cc(CCCCC)c(S(=O)(=O)NC(C)C)c1O. The van der Waals surface area contributed by atoms with Gasteiger partial charge in [-0.2, -0.15) is 0 Å². The molecule has 5 nitrogen and oxygen atoms in total. The molecular weight excluding hydrogens is 398 g/mol. The highest BCUT2D eigenvalue weighted by atomic mass is 32.2. The molecule has 1 aromatic rings. The number of unbranched alkanes of at least 4 members (excludes halogenated alkanes) is 2. The van der Waals surface area contributed by atoms with Gasteiger partial charge in [0.05, 0.1) is 0 Å². The fraction of sp³-hybridized carbons (Fsp3) is 0.583. The second-order valence-electron chi connectivity index (χ2n) is 8.91. The Morgan fingerprint density at radius 3 is 2.53 bits per heavy atom. The highest BCUT2D eigenvalue weighted by Gasteiger charge is 2.34. The Bertz CT molecular complexity index is 916. The van der Waals surface area contributed by atoms with E-state index in [1.165, 1.54) is 6.07 Å². The van der Waals surface area contributed by atoms with Gasteiger partial charge in [-0.1, -0.05) is 43.6 Å². The maximum Gasteiger partial charge on any atom is 0.244 e. The first-order valence-corrected chi connectivity index (χ1v) is 12.4. The highest BCUT2D eigenvalue weighted by Crippen LogP contribution is 2.49. The van der Waals surface area contributed by atoms with Crippen molar-refractivity contribution in [2.24, 2.45) is 5.92 Å². The van der Waals surface area contributed by atoms with Crippen LogP contribution in [0, 0.1) is 5.92 Å². The van der Waals surface area contributed by atoms with Gasteiger partial charge in [0.15, 0.2) is 0 Å². The smallest absolute Gasteiger partial charge is 0.244 e. The lowest BCUT2D eigenvalue weighted by molar-refractivity contribution is 0.397. The lowest BCUT2D eigenvalue weighted by Gasteiger charge is -2.32. The molecule has 0 radical (unpaired) electrons. The largest absolute Gasteiger partial charge is 0.507 e. The van der Waals surface area contributed by atoms with Crippen LogP contribution in [0.2, 0.25) is 0 Å². The Labute approximate surface area is 182 Å². The average Bonchev–Trinajstić information content (AvgIpc) is 2.60. The highest BCUT2D eigenvalue weighted by molar-refractivity contribution is 7.89. The normalized spacial score (nSPS) is 19.7. The summed E-state index contributed by atoms with van der Waals surface area (Å²) in [4.78, 5) is -0.0998.